The van der Waals surface area contributed by atoms with Crippen LogP contribution in [-0.4, -0.2) is 23.1 Å². The Labute approximate surface area is 136 Å². The largest absolute Gasteiger partial charge is 0.437 e. The van der Waals surface area contributed by atoms with Crippen LogP contribution in [0.4, 0.5) is 5.82 Å². The highest BCUT2D eigenvalue weighted by Crippen LogP contribution is 2.30. The third-order valence-electron chi connectivity index (χ3n) is 4.04. The fourth-order valence-electron chi connectivity index (χ4n) is 2.60. The third-order valence-corrected chi connectivity index (χ3v) is 4.35. The maximum absolute atomic E-state index is 6.17. The number of ether oxygens (including phenoxy) is 1. The average Bonchev–Trinajstić information content (AvgIpc) is 2.52. The highest BCUT2D eigenvalue weighted by atomic mass is 35.5. The molecular weight excluding hydrogens is 298 g/mol. The van der Waals surface area contributed by atoms with Crippen molar-refractivity contribution in [2.45, 2.75) is 26.7 Å². The molecule has 0 saturated carbocycles. The van der Waals surface area contributed by atoms with E-state index in [0.717, 1.165) is 30.4 Å². The Bertz CT molecular complexity index is 654. The van der Waals surface area contributed by atoms with Crippen LogP contribution in [0.3, 0.4) is 0 Å². The van der Waals surface area contributed by atoms with Crippen LogP contribution in [0.15, 0.2) is 30.6 Å². The Morgan fingerprint density at radius 3 is 2.73 bits per heavy atom. The number of anilines is 1. The summed E-state index contributed by atoms with van der Waals surface area (Å²) in [7, 11) is 0. The van der Waals surface area contributed by atoms with Crippen LogP contribution in [0.2, 0.25) is 5.02 Å². The first kappa shape index (κ1) is 15.1. The normalized spacial score (nSPS) is 15.9. The zero-order chi connectivity index (χ0) is 15.5. The number of piperidine rings is 1. The van der Waals surface area contributed by atoms with Gasteiger partial charge in [-0.1, -0.05) is 24.6 Å². The number of aromatic nitrogens is 2. The predicted octanol–water partition coefficient (Wildman–Crippen LogP) is 4.47. The highest BCUT2D eigenvalue weighted by molar-refractivity contribution is 6.32. The van der Waals surface area contributed by atoms with E-state index in [1.54, 1.807) is 6.33 Å². The summed E-state index contributed by atoms with van der Waals surface area (Å²) in [6, 6.07) is 7.58. The smallest absolute Gasteiger partial charge is 0.224 e. The van der Waals surface area contributed by atoms with Gasteiger partial charge in [-0.3, -0.25) is 0 Å². The summed E-state index contributed by atoms with van der Waals surface area (Å²) < 4.78 is 5.83. The van der Waals surface area contributed by atoms with Crippen molar-refractivity contribution in [2.24, 2.45) is 5.92 Å². The van der Waals surface area contributed by atoms with Crippen LogP contribution in [0.5, 0.6) is 11.6 Å². The first-order valence-corrected chi connectivity index (χ1v) is 8.00. The topological polar surface area (TPSA) is 38.2 Å². The third kappa shape index (κ3) is 3.50. The van der Waals surface area contributed by atoms with E-state index in [9.17, 15) is 0 Å². The number of nitrogens with zero attached hydrogens (tertiary/aromatic N) is 3. The molecule has 0 aliphatic carbocycles. The Morgan fingerprint density at radius 1 is 1.18 bits per heavy atom. The minimum Gasteiger partial charge on any atom is -0.437 e. The van der Waals surface area contributed by atoms with E-state index in [1.807, 2.05) is 31.2 Å². The fraction of sp³-hybridized carbons (Fsp3) is 0.412. The molecular formula is C17H20ClN3O. The summed E-state index contributed by atoms with van der Waals surface area (Å²) in [5.74, 6) is 2.86. The number of hydrogen-bond acceptors (Lipinski definition) is 4. The van der Waals surface area contributed by atoms with Gasteiger partial charge < -0.3 is 9.64 Å². The molecule has 1 aromatic heterocycles. The van der Waals surface area contributed by atoms with Gasteiger partial charge in [-0.2, -0.15) is 0 Å². The van der Waals surface area contributed by atoms with Gasteiger partial charge in [-0.05, 0) is 43.4 Å². The second kappa shape index (κ2) is 6.53. The van der Waals surface area contributed by atoms with Gasteiger partial charge in [-0.25, -0.2) is 9.97 Å². The molecule has 0 bridgehead atoms. The van der Waals surface area contributed by atoms with Crippen molar-refractivity contribution in [3.05, 3.63) is 41.2 Å². The quantitative estimate of drug-likeness (QED) is 0.837. The van der Waals surface area contributed by atoms with E-state index in [4.69, 9.17) is 16.3 Å². The van der Waals surface area contributed by atoms with Crippen molar-refractivity contribution >= 4 is 17.4 Å². The molecule has 1 fully saturated rings. The number of aryl methyl sites for hydroxylation is 1. The van der Waals surface area contributed by atoms with Gasteiger partial charge in [-0.15, -0.1) is 0 Å². The summed E-state index contributed by atoms with van der Waals surface area (Å²) >= 11 is 6.17. The molecule has 0 atom stereocenters. The van der Waals surface area contributed by atoms with Crippen LogP contribution in [0.25, 0.3) is 0 Å². The molecule has 3 rings (SSSR count). The van der Waals surface area contributed by atoms with Gasteiger partial charge in [0.1, 0.15) is 17.9 Å². The van der Waals surface area contributed by atoms with Crippen LogP contribution in [-0.2, 0) is 0 Å². The van der Waals surface area contributed by atoms with Gasteiger partial charge in [0.25, 0.3) is 0 Å². The lowest BCUT2D eigenvalue weighted by Gasteiger charge is -2.31. The molecule has 5 heteroatoms. The summed E-state index contributed by atoms with van der Waals surface area (Å²) in [5.41, 5.74) is 1.10. The van der Waals surface area contributed by atoms with E-state index in [2.05, 4.69) is 21.8 Å². The van der Waals surface area contributed by atoms with Crippen molar-refractivity contribution in [1.29, 1.82) is 0 Å². The summed E-state index contributed by atoms with van der Waals surface area (Å²) in [6.45, 7) is 6.36. The first-order valence-electron chi connectivity index (χ1n) is 7.63. The molecule has 0 unspecified atom stereocenters. The highest BCUT2D eigenvalue weighted by Gasteiger charge is 2.17. The molecule has 1 aromatic carbocycles. The van der Waals surface area contributed by atoms with Crippen molar-refractivity contribution < 1.29 is 4.74 Å². The van der Waals surface area contributed by atoms with Gasteiger partial charge >= 0.3 is 0 Å². The van der Waals surface area contributed by atoms with Crippen LogP contribution in [0, 0.1) is 12.8 Å². The molecule has 1 aliphatic rings. The number of rotatable bonds is 3. The van der Waals surface area contributed by atoms with Crippen LogP contribution >= 0.6 is 11.6 Å². The maximum atomic E-state index is 6.17. The van der Waals surface area contributed by atoms with Crippen molar-refractivity contribution in [3.63, 3.8) is 0 Å². The Hall–Kier alpha value is -1.81. The zero-order valence-electron chi connectivity index (χ0n) is 12.9. The lowest BCUT2D eigenvalue weighted by atomic mass is 9.99. The van der Waals surface area contributed by atoms with E-state index in [1.165, 1.54) is 12.8 Å². The Kier molecular flexibility index (Phi) is 4.48. The Morgan fingerprint density at radius 2 is 1.95 bits per heavy atom. The molecule has 4 nitrogen and oxygen atoms in total. The molecule has 1 saturated heterocycles. The first-order chi connectivity index (χ1) is 10.6. The summed E-state index contributed by atoms with van der Waals surface area (Å²) in [4.78, 5) is 10.9. The monoisotopic (exact) mass is 317 g/mol. The molecule has 22 heavy (non-hydrogen) atoms. The lowest BCUT2D eigenvalue weighted by Crippen LogP contribution is -2.33. The van der Waals surface area contributed by atoms with Crippen LogP contribution < -0.4 is 9.64 Å². The molecule has 0 amide bonds. The zero-order valence-corrected chi connectivity index (χ0v) is 13.7. The minimum atomic E-state index is 0.524. The maximum Gasteiger partial charge on any atom is 0.224 e. The number of hydrogen-bond donors (Lipinski definition) is 0. The lowest BCUT2D eigenvalue weighted by molar-refractivity contribution is 0.433. The molecule has 2 heterocycles. The van der Waals surface area contributed by atoms with Gasteiger partial charge in [0, 0.05) is 19.2 Å². The van der Waals surface area contributed by atoms with Crippen molar-refractivity contribution in [2.75, 3.05) is 18.0 Å². The minimum absolute atomic E-state index is 0.524. The van der Waals surface area contributed by atoms with Gasteiger partial charge in [0.2, 0.25) is 5.88 Å². The van der Waals surface area contributed by atoms with Gasteiger partial charge in [0.05, 0.1) is 5.02 Å². The summed E-state index contributed by atoms with van der Waals surface area (Å²) in [5, 5.41) is 0.581. The molecule has 0 spiro atoms. The summed E-state index contributed by atoms with van der Waals surface area (Å²) in [6.07, 6.45) is 3.94. The van der Waals surface area contributed by atoms with Crippen molar-refractivity contribution in [1.82, 2.24) is 9.97 Å². The predicted molar refractivity (Wildman–Crippen MR) is 88.9 cm³/mol. The standard InChI is InChI=1S/C17H20ClN3O/c1-12-5-7-21(8-6-12)16-10-17(20-11-19-16)22-15-9-13(2)3-4-14(15)18/h3-4,9-12H,5-8H2,1-2H3. The Balaban J connectivity index is 1.78. The van der Waals surface area contributed by atoms with E-state index in [-0.39, 0.29) is 0 Å². The average molecular weight is 318 g/mol. The molecule has 2 aromatic rings. The number of benzene rings is 1. The van der Waals surface area contributed by atoms with Gasteiger partial charge in [0.15, 0.2) is 0 Å². The molecule has 0 N–H and O–H groups in total. The SMILES string of the molecule is Cc1ccc(Cl)c(Oc2cc(N3CCC(C)CC3)ncn2)c1. The van der Waals surface area contributed by atoms with Crippen molar-refractivity contribution in [3.8, 4) is 11.6 Å². The van der Waals surface area contributed by atoms with E-state index >= 15 is 0 Å². The second-order valence-corrected chi connectivity index (χ2v) is 6.33. The van der Waals surface area contributed by atoms with E-state index in [0.29, 0.717) is 16.7 Å². The molecule has 0 radical (unpaired) electrons. The second-order valence-electron chi connectivity index (χ2n) is 5.92. The fourth-order valence-corrected chi connectivity index (χ4v) is 2.75. The number of halogens is 1. The van der Waals surface area contributed by atoms with Crippen LogP contribution in [0.1, 0.15) is 25.3 Å². The van der Waals surface area contributed by atoms with E-state index < -0.39 is 0 Å². The molecule has 1 aliphatic heterocycles. The molecule has 116 valence electrons.